The summed E-state index contributed by atoms with van der Waals surface area (Å²) in [7, 11) is 0. The van der Waals surface area contributed by atoms with Gasteiger partial charge in [-0.3, -0.25) is 0 Å². The molecule has 0 saturated heterocycles. The van der Waals surface area contributed by atoms with Gasteiger partial charge in [0.25, 0.3) is 0 Å². The van der Waals surface area contributed by atoms with Crippen molar-refractivity contribution in [2.45, 2.75) is 13.8 Å². The van der Waals surface area contributed by atoms with Crippen molar-refractivity contribution in [3.05, 3.63) is 39.7 Å². The summed E-state index contributed by atoms with van der Waals surface area (Å²) >= 11 is 3.49. The van der Waals surface area contributed by atoms with E-state index in [0.717, 1.165) is 16.0 Å². The molecule has 1 aromatic carbocycles. The zero-order chi connectivity index (χ0) is 9.14. The molecule has 0 amide bonds. The zero-order valence-electron chi connectivity index (χ0n) is 7.26. The topological polar surface area (TPSA) is 20.2 Å². The fraction of sp³-hybridized carbons (Fsp3) is 0.300. The summed E-state index contributed by atoms with van der Waals surface area (Å²) in [5.74, 6) is 0.991. The van der Waals surface area contributed by atoms with Gasteiger partial charge >= 0.3 is 0 Å². The fourth-order valence-electron chi connectivity index (χ4n) is 1.06. The maximum Gasteiger partial charge on any atom is 0.0535 e. The molecule has 0 saturated carbocycles. The SMILES string of the molecule is C[C](CO)c1cccc(C)c1Br. The van der Waals surface area contributed by atoms with Gasteiger partial charge in [-0.1, -0.05) is 41.1 Å². The molecule has 0 fully saturated rings. The Kier molecular flexibility index (Phi) is 3.29. The quantitative estimate of drug-likeness (QED) is 0.825. The minimum atomic E-state index is 0.113. The summed E-state index contributed by atoms with van der Waals surface area (Å²) in [5.41, 5.74) is 2.29. The lowest BCUT2D eigenvalue weighted by molar-refractivity contribution is 0.314. The van der Waals surface area contributed by atoms with Crippen LogP contribution >= 0.6 is 15.9 Å². The number of aryl methyl sites for hydroxylation is 1. The largest absolute Gasteiger partial charge is 0.395 e. The molecule has 1 nitrogen and oxygen atoms in total. The van der Waals surface area contributed by atoms with Crippen molar-refractivity contribution >= 4 is 15.9 Å². The minimum Gasteiger partial charge on any atom is -0.395 e. The van der Waals surface area contributed by atoms with E-state index in [1.807, 2.05) is 32.0 Å². The second kappa shape index (κ2) is 4.06. The van der Waals surface area contributed by atoms with Crippen LogP contribution in [-0.2, 0) is 0 Å². The molecule has 1 N–H and O–H groups in total. The molecule has 0 bridgehead atoms. The highest BCUT2D eigenvalue weighted by atomic mass is 79.9. The molecule has 0 aliphatic heterocycles. The molecule has 0 spiro atoms. The summed E-state index contributed by atoms with van der Waals surface area (Å²) in [6, 6.07) is 6.04. The standard InChI is InChI=1S/C10H12BrO/c1-7-4-3-5-9(10(7)11)8(2)6-12/h3-5,12H,6H2,1-2H3. The maximum absolute atomic E-state index is 8.95. The molecule has 0 aliphatic carbocycles. The number of aliphatic hydroxyl groups is 1. The zero-order valence-corrected chi connectivity index (χ0v) is 8.85. The second-order valence-electron chi connectivity index (χ2n) is 2.87. The molecule has 1 rings (SSSR count). The molecule has 0 aliphatic rings. The summed E-state index contributed by atoms with van der Waals surface area (Å²) < 4.78 is 1.08. The number of aliphatic hydroxyl groups excluding tert-OH is 1. The van der Waals surface area contributed by atoms with Gasteiger partial charge in [-0.25, -0.2) is 0 Å². The van der Waals surface area contributed by atoms with Crippen LogP contribution in [0.1, 0.15) is 18.1 Å². The Morgan fingerprint density at radius 1 is 1.50 bits per heavy atom. The molecular weight excluding hydrogens is 216 g/mol. The van der Waals surface area contributed by atoms with Crippen LogP contribution in [0.4, 0.5) is 0 Å². The lowest BCUT2D eigenvalue weighted by Crippen LogP contribution is -2.01. The van der Waals surface area contributed by atoms with Crippen molar-refractivity contribution in [1.29, 1.82) is 0 Å². The predicted octanol–water partition coefficient (Wildman–Crippen LogP) is 2.69. The molecular formula is C10H12BrO. The molecule has 65 valence electrons. The van der Waals surface area contributed by atoms with Gasteiger partial charge in [-0.2, -0.15) is 0 Å². The molecule has 12 heavy (non-hydrogen) atoms. The first kappa shape index (κ1) is 9.75. The van der Waals surface area contributed by atoms with Crippen LogP contribution in [0.15, 0.2) is 22.7 Å². The fourth-order valence-corrected chi connectivity index (χ4v) is 1.66. The molecule has 0 atom stereocenters. The van der Waals surface area contributed by atoms with Crippen LogP contribution in [0, 0.1) is 12.8 Å². The summed E-state index contributed by atoms with van der Waals surface area (Å²) in [6.45, 7) is 4.08. The van der Waals surface area contributed by atoms with E-state index < -0.39 is 0 Å². The number of benzene rings is 1. The molecule has 1 aromatic rings. The van der Waals surface area contributed by atoms with Crippen LogP contribution in [0.3, 0.4) is 0 Å². The van der Waals surface area contributed by atoms with E-state index in [1.165, 1.54) is 5.56 Å². The maximum atomic E-state index is 8.95. The highest BCUT2D eigenvalue weighted by Gasteiger charge is 2.09. The van der Waals surface area contributed by atoms with E-state index in [1.54, 1.807) is 0 Å². The van der Waals surface area contributed by atoms with E-state index in [4.69, 9.17) is 5.11 Å². The van der Waals surface area contributed by atoms with Gasteiger partial charge in [0.15, 0.2) is 0 Å². The average Bonchev–Trinajstić information content (AvgIpc) is 2.08. The third-order valence-corrected chi connectivity index (χ3v) is 2.94. The molecule has 0 unspecified atom stereocenters. The Morgan fingerprint density at radius 3 is 2.75 bits per heavy atom. The van der Waals surface area contributed by atoms with Crippen molar-refractivity contribution in [2.75, 3.05) is 6.61 Å². The Balaban J connectivity index is 3.07. The van der Waals surface area contributed by atoms with Crippen molar-refractivity contribution in [3.8, 4) is 0 Å². The monoisotopic (exact) mass is 227 g/mol. The van der Waals surface area contributed by atoms with Crippen LogP contribution in [0.2, 0.25) is 0 Å². The summed E-state index contributed by atoms with van der Waals surface area (Å²) in [6.07, 6.45) is 0. The number of halogens is 1. The van der Waals surface area contributed by atoms with Crippen LogP contribution in [-0.4, -0.2) is 11.7 Å². The van der Waals surface area contributed by atoms with Gasteiger partial charge in [-0.05, 0) is 18.1 Å². The first-order chi connectivity index (χ1) is 5.66. The van der Waals surface area contributed by atoms with Gasteiger partial charge in [0.05, 0.1) is 6.61 Å². The molecule has 0 aromatic heterocycles. The Morgan fingerprint density at radius 2 is 2.17 bits per heavy atom. The highest BCUT2D eigenvalue weighted by Crippen LogP contribution is 2.26. The number of hydrogen-bond acceptors (Lipinski definition) is 1. The van der Waals surface area contributed by atoms with Crippen molar-refractivity contribution in [3.63, 3.8) is 0 Å². The van der Waals surface area contributed by atoms with Gasteiger partial charge in [0.1, 0.15) is 0 Å². The second-order valence-corrected chi connectivity index (χ2v) is 3.67. The van der Waals surface area contributed by atoms with Crippen molar-refractivity contribution in [1.82, 2.24) is 0 Å². The third kappa shape index (κ3) is 1.87. The van der Waals surface area contributed by atoms with Crippen molar-refractivity contribution < 1.29 is 5.11 Å². The van der Waals surface area contributed by atoms with E-state index >= 15 is 0 Å². The van der Waals surface area contributed by atoms with Crippen molar-refractivity contribution in [2.24, 2.45) is 0 Å². The summed E-state index contributed by atoms with van der Waals surface area (Å²) in [4.78, 5) is 0. The normalized spacial score (nSPS) is 10.8. The minimum absolute atomic E-state index is 0.113. The van der Waals surface area contributed by atoms with Crippen LogP contribution in [0.5, 0.6) is 0 Å². The first-order valence-corrected chi connectivity index (χ1v) is 4.65. The molecule has 1 radical (unpaired) electrons. The van der Waals surface area contributed by atoms with Crippen LogP contribution in [0.25, 0.3) is 0 Å². The molecule has 0 heterocycles. The highest BCUT2D eigenvalue weighted by molar-refractivity contribution is 9.10. The average molecular weight is 228 g/mol. The van der Waals surface area contributed by atoms with E-state index in [0.29, 0.717) is 0 Å². The lowest BCUT2D eigenvalue weighted by Gasteiger charge is -2.11. The van der Waals surface area contributed by atoms with Gasteiger partial charge in [0.2, 0.25) is 0 Å². The summed E-state index contributed by atoms with van der Waals surface area (Å²) in [5, 5.41) is 8.95. The van der Waals surface area contributed by atoms with Gasteiger partial charge < -0.3 is 5.11 Å². The first-order valence-electron chi connectivity index (χ1n) is 3.85. The third-order valence-electron chi connectivity index (χ3n) is 1.89. The number of hydrogen-bond donors (Lipinski definition) is 1. The van der Waals surface area contributed by atoms with E-state index in [-0.39, 0.29) is 6.61 Å². The Bertz CT molecular complexity index is 271. The number of rotatable bonds is 2. The lowest BCUT2D eigenvalue weighted by atomic mass is 10.0. The Hall–Kier alpha value is -0.340. The predicted molar refractivity (Wildman–Crippen MR) is 54.0 cm³/mol. The van der Waals surface area contributed by atoms with E-state index in [9.17, 15) is 0 Å². The smallest absolute Gasteiger partial charge is 0.0535 e. The van der Waals surface area contributed by atoms with Gasteiger partial charge in [-0.15, -0.1) is 0 Å². The van der Waals surface area contributed by atoms with E-state index in [2.05, 4.69) is 15.9 Å². The Labute approximate surface area is 81.6 Å². The van der Waals surface area contributed by atoms with Gasteiger partial charge in [0, 0.05) is 10.4 Å². The van der Waals surface area contributed by atoms with Crippen LogP contribution < -0.4 is 0 Å². The molecule has 2 heteroatoms.